The molecule has 0 amide bonds. The fourth-order valence-electron chi connectivity index (χ4n) is 0.804. The second-order valence-electron chi connectivity index (χ2n) is 2.21. The van der Waals surface area contributed by atoms with Crippen molar-refractivity contribution in [3.63, 3.8) is 0 Å². The summed E-state index contributed by atoms with van der Waals surface area (Å²) in [5.41, 5.74) is -2.20. The van der Waals surface area contributed by atoms with Gasteiger partial charge in [-0.15, -0.1) is 0 Å². The van der Waals surface area contributed by atoms with E-state index in [4.69, 9.17) is 0 Å². The lowest BCUT2D eigenvalue weighted by atomic mass is 10.1. The first-order chi connectivity index (χ1) is 5.93. The van der Waals surface area contributed by atoms with Crippen molar-refractivity contribution in [2.45, 2.75) is 6.18 Å². The molecule has 1 aromatic heterocycles. The summed E-state index contributed by atoms with van der Waals surface area (Å²) < 4.78 is 36.3. The van der Waals surface area contributed by atoms with Gasteiger partial charge in [-0.05, 0) is 6.07 Å². The molecule has 0 N–H and O–H groups in total. The number of rotatable bonds is 1. The molecule has 1 rings (SSSR count). The van der Waals surface area contributed by atoms with Gasteiger partial charge in [0.25, 0.3) is 0 Å². The van der Waals surface area contributed by atoms with Crippen LogP contribution in [0.2, 0.25) is 0 Å². The minimum absolute atomic E-state index is 0.588. The fraction of sp³-hybridized carbons (Fsp3) is 0.143. The third-order valence-electron chi connectivity index (χ3n) is 1.35. The maximum Gasteiger partial charge on any atom is 0.417 e. The maximum atomic E-state index is 12.1. The number of alkyl halides is 3. The predicted octanol–water partition coefficient (Wildman–Crippen LogP) is 1.67. The van der Waals surface area contributed by atoms with Crippen molar-refractivity contribution in [1.29, 1.82) is 0 Å². The smallest absolute Gasteiger partial charge is 0.264 e. The highest BCUT2D eigenvalue weighted by Crippen LogP contribution is 2.31. The van der Waals surface area contributed by atoms with E-state index >= 15 is 0 Å². The Morgan fingerprint density at radius 3 is 2.38 bits per heavy atom. The van der Waals surface area contributed by atoms with Crippen LogP contribution in [0.15, 0.2) is 18.5 Å². The van der Waals surface area contributed by atoms with Crippen LogP contribution in [0.3, 0.4) is 0 Å². The minimum Gasteiger partial charge on any atom is -0.264 e. The lowest BCUT2D eigenvalue weighted by Gasteiger charge is -2.07. The highest BCUT2D eigenvalue weighted by atomic mass is 19.4. The van der Waals surface area contributed by atoms with Crippen LogP contribution in [-0.4, -0.2) is 11.0 Å². The summed E-state index contributed by atoms with van der Waals surface area (Å²) in [6.07, 6.45) is -3.22. The van der Waals surface area contributed by atoms with Crippen molar-refractivity contribution in [2.24, 2.45) is 0 Å². The van der Waals surface area contributed by atoms with Crippen LogP contribution >= 0.6 is 0 Å². The van der Waals surface area contributed by atoms with Crippen molar-refractivity contribution >= 4 is 5.97 Å². The van der Waals surface area contributed by atoms with Crippen LogP contribution in [0, 0.1) is 0 Å². The lowest BCUT2D eigenvalue weighted by Crippen LogP contribution is -2.12. The monoisotopic (exact) mass is 190 g/mol. The molecule has 0 saturated carbocycles. The molecular formula is C7H3F3NO2. The third kappa shape index (κ3) is 1.95. The van der Waals surface area contributed by atoms with Crippen molar-refractivity contribution in [3.05, 3.63) is 29.6 Å². The summed E-state index contributed by atoms with van der Waals surface area (Å²) in [5.74, 6) is -1.89. The summed E-state index contributed by atoms with van der Waals surface area (Å²) in [4.78, 5) is 13.5. The van der Waals surface area contributed by atoms with E-state index in [-0.39, 0.29) is 0 Å². The Morgan fingerprint density at radius 1 is 1.38 bits per heavy atom. The van der Waals surface area contributed by atoms with Crippen LogP contribution in [0.25, 0.3) is 0 Å². The molecule has 1 aromatic rings. The number of aromatic nitrogens is 1. The number of hydrogen-bond donors (Lipinski definition) is 0. The van der Waals surface area contributed by atoms with Crippen molar-refractivity contribution in [3.8, 4) is 0 Å². The Morgan fingerprint density at radius 2 is 2.00 bits per heavy atom. The third-order valence-corrected chi connectivity index (χ3v) is 1.35. The van der Waals surface area contributed by atoms with Crippen molar-refractivity contribution in [1.82, 2.24) is 4.98 Å². The minimum atomic E-state index is -4.70. The Bertz CT molecular complexity index is 335. The molecule has 6 heteroatoms. The molecule has 0 aromatic carbocycles. The van der Waals surface area contributed by atoms with Crippen molar-refractivity contribution < 1.29 is 23.1 Å². The molecule has 0 aliphatic rings. The molecule has 0 unspecified atom stereocenters. The van der Waals surface area contributed by atoms with E-state index in [1.54, 1.807) is 0 Å². The summed E-state index contributed by atoms with van der Waals surface area (Å²) in [6, 6.07) is 0.588. The SMILES string of the molecule is [O]C(=O)c1cnccc1C(F)(F)F. The highest BCUT2D eigenvalue weighted by molar-refractivity contribution is 5.88. The fourth-order valence-corrected chi connectivity index (χ4v) is 0.804. The van der Waals surface area contributed by atoms with Gasteiger partial charge >= 0.3 is 12.1 Å². The summed E-state index contributed by atoms with van der Waals surface area (Å²) in [6.45, 7) is 0. The molecule has 0 fully saturated rings. The Hall–Kier alpha value is -1.59. The number of carbonyl (C=O) groups is 1. The van der Waals surface area contributed by atoms with Crippen molar-refractivity contribution in [2.75, 3.05) is 0 Å². The van der Waals surface area contributed by atoms with Gasteiger partial charge < -0.3 is 0 Å². The average Bonchev–Trinajstić information content (AvgIpc) is 2.03. The van der Waals surface area contributed by atoms with E-state index < -0.39 is 23.3 Å². The molecule has 0 bridgehead atoms. The lowest BCUT2D eigenvalue weighted by molar-refractivity contribution is -0.138. The van der Waals surface area contributed by atoms with Gasteiger partial charge in [0.15, 0.2) is 0 Å². The van der Waals surface area contributed by atoms with E-state index in [0.29, 0.717) is 12.3 Å². The number of carbonyl (C=O) groups excluding carboxylic acids is 1. The van der Waals surface area contributed by atoms with Gasteiger partial charge in [0.1, 0.15) is 0 Å². The van der Waals surface area contributed by atoms with Gasteiger partial charge in [0.05, 0.1) is 11.1 Å². The second-order valence-corrected chi connectivity index (χ2v) is 2.21. The number of nitrogens with zero attached hydrogens (tertiary/aromatic N) is 1. The predicted molar refractivity (Wildman–Crippen MR) is 34.3 cm³/mol. The van der Waals surface area contributed by atoms with Gasteiger partial charge in [-0.2, -0.15) is 13.2 Å². The first-order valence-corrected chi connectivity index (χ1v) is 3.15. The molecule has 1 heterocycles. The van der Waals surface area contributed by atoms with Crippen LogP contribution in [-0.2, 0) is 11.3 Å². The Balaban J connectivity index is 3.28. The normalized spacial score (nSPS) is 11.3. The van der Waals surface area contributed by atoms with Gasteiger partial charge in [0, 0.05) is 12.4 Å². The number of hydrogen-bond acceptors (Lipinski definition) is 2. The number of pyridine rings is 1. The molecule has 0 spiro atoms. The zero-order valence-corrected chi connectivity index (χ0v) is 6.13. The summed E-state index contributed by atoms with van der Waals surface area (Å²) in [7, 11) is 0. The second kappa shape index (κ2) is 3.04. The largest absolute Gasteiger partial charge is 0.417 e. The van der Waals surface area contributed by atoms with Crippen LogP contribution < -0.4 is 0 Å². The molecular weight excluding hydrogens is 187 g/mol. The molecule has 0 atom stereocenters. The molecule has 69 valence electrons. The maximum absolute atomic E-state index is 12.1. The summed E-state index contributed by atoms with van der Waals surface area (Å²) >= 11 is 0. The Kier molecular flexibility index (Phi) is 2.22. The topological polar surface area (TPSA) is 49.9 Å². The average molecular weight is 190 g/mol. The standard InChI is InChI=1S/C7H3F3NO2/c8-7(9,10)5-1-2-11-3-4(5)6(12)13/h1-3H. The van der Waals surface area contributed by atoms with Gasteiger partial charge in [-0.25, -0.2) is 9.90 Å². The molecule has 13 heavy (non-hydrogen) atoms. The van der Waals surface area contributed by atoms with E-state index in [1.807, 2.05) is 0 Å². The van der Waals surface area contributed by atoms with Crippen LogP contribution in [0.4, 0.5) is 13.2 Å². The Labute approximate surface area is 70.8 Å². The van der Waals surface area contributed by atoms with Gasteiger partial charge in [-0.3, -0.25) is 4.98 Å². The van der Waals surface area contributed by atoms with Crippen LogP contribution in [0.1, 0.15) is 15.9 Å². The first-order valence-electron chi connectivity index (χ1n) is 3.15. The van der Waals surface area contributed by atoms with E-state index in [1.165, 1.54) is 0 Å². The quantitative estimate of drug-likeness (QED) is 0.676. The van der Waals surface area contributed by atoms with Gasteiger partial charge in [0.2, 0.25) is 0 Å². The zero-order valence-electron chi connectivity index (χ0n) is 6.13. The molecule has 0 aliphatic heterocycles. The summed E-state index contributed by atoms with van der Waals surface area (Å²) in [5, 5.41) is 10.2. The highest BCUT2D eigenvalue weighted by Gasteiger charge is 2.35. The van der Waals surface area contributed by atoms with E-state index in [0.717, 1.165) is 6.20 Å². The number of halogens is 3. The van der Waals surface area contributed by atoms with E-state index in [9.17, 15) is 23.1 Å². The molecule has 0 aliphatic carbocycles. The first kappa shape index (κ1) is 9.50. The molecule has 0 saturated heterocycles. The van der Waals surface area contributed by atoms with Gasteiger partial charge in [-0.1, -0.05) is 0 Å². The van der Waals surface area contributed by atoms with E-state index in [2.05, 4.69) is 4.98 Å². The molecule has 3 nitrogen and oxygen atoms in total. The van der Waals surface area contributed by atoms with Crippen LogP contribution in [0.5, 0.6) is 0 Å². The molecule has 1 radical (unpaired) electrons. The zero-order chi connectivity index (χ0) is 10.1.